The fourth-order valence-electron chi connectivity index (χ4n) is 2.91. The van der Waals surface area contributed by atoms with Gasteiger partial charge >= 0.3 is 0 Å². The van der Waals surface area contributed by atoms with Crippen LogP contribution in [0.25, 0.3) is 0 Å². The number of hydrogen-bond acceptors (Lipinski definition) is 2. The van der Waals surface area contributed by atoms with Crippen molar-refractivity contribution >= 4 is 0 Å². The molecule has 19 heavy (non-hydrogen) atoms. The minimum absolute atomic E-state index is 0.195. The van der Waals surface area contributed by atoms with Crippen LogP contribution in [0.2, 0.25) is 0 Å². The Morgan fingerprint density at radius 3 is 3.00 bits per heavy atom. The Morgan fingerprint density at radius 2 is 2.26 bits per heavy atom. The molecule has 2 rings (SSSR count). The molecule has 2 nitrogen and oxygen atoms in total. The Kier molecular flexibility index (Phi) is 4.93. The molecule has 1 fully saturated rings. The zero-order valence-electron chi connectivity index (χ0n) is 11.5. The Morgan fingerprint density at radius 1 is 1.42 bits per heavy atom. The van der Waals surface area contributed by atoms with Gasteiger partial charge in [-0.15, -0.1) is 0 Å². The average molecular weight is 260 g/mol. The van der Waals surface area contributed by atoms with Crippen molar-refractivity contribution in [3.05, 3.63) is 35.1 Å². The molecular weight excluding hydrogens is 239 g/mol. The van der Waals surface area contributed by atoms with Crippen molar-refractivity contribution in [1.29, 1.82) is 5.26 Å². The van der Waals surface area contributed by atoms with Gasteiger partial charge in [0.05, 0.1) is 11.6 Å². The van der Waals surface area contributed by atoms with E-state index in [2.05, 4.69) is 17.9 Å². The molecule has 1 atom stereocenters. The largest absolute Gasteiger partial charge is 0.296 e. The van der Waals surface area contributed by atoms with Crippen LogP contribution in [0.3, 0.4) is 0 Å². The highest BCUT2D eigenvalue weighted by molar-refractivity contribution is 5.33. The maximum Gasteiger partial charge on any atom is 0.127 e. The maximum atomic E-state index is 13.8. The van der Waals surface area contributed by atoms with Crippen LogP contribution in [0.1, 0.15) is 50.2 Å². The van der Waals surface area contributed by atoms with Crippen LogP contribution in [-0.4, -0.2) is 17.5 Å². The van der Waals surface area contributed by atoms with Crippen LogP contribution >= 0.6 is 0 Å². The number of likely N-dealkylation sites (tertiary alicyclic amines) is 1. The van der Waals surface area contributed by atoms with Gasteiger partial charge in [-0.1, -0.05) is 19.8 Å². The summed E-state index contributed by atoms with van der Waals surface area (Å²) in [5.74, 6) is -0.195. The summed E-state index contributed by atoms with van der Waals surface area (Å²) in [6.45, 7) is 3.87. The Hall–Kier alpha value is -1.40. The van der Waals surface area contributed by atoms with E-state index in [0.29, 0.717) is 23.7 Å². The van der Waals surface area contributed by atoms with Gasteiger partial charge in [-0.05, 0) is 44.0 Å². The first-order chi connectivity index (χ1) is 9.24. The Labute approximate surface area is 114 Å². The zero-order chi connectivity index (χ0) is 13.7. The summed E-state index contributed by atoms with van der Waals surface area (Å²) in [6.07, 6.45) is 6.04. The highest BCUT2D eigenvalue weighted by Crippen LogP contribution is 2.24. The molecule has 0 saturated carbocycles. The second kappa shape index (κ2) is 6.68. The minimum Gasteiger partial charge on any atom is -0.296 e. The van der Waals surface area contributed by atoms with E-state index in [0.717, 1.165) is 6.54 Å². The van der Waals surface area contributed by atoms with E-state index in [4.69, 9.17) is 5.26 Å². The summed E-state index contributed by atoms with van der Waals surface area (Å²) in [4.78, 5) is 2.38. The van der Waals surface area contributed by atoms with Crippen LogP contribution in [0.5, 0.6) is 0 Å². The lowest BCUT2D eigenvalue weighted by atomic mass is 9.97. The van der Waals surface area contributed by atoms with Crippen LogP contribution in [0, 0.1) is 17.1 Å². The van der Waals surface area contributed by atoms with Gasteiger partial charge in [0, 0.05) is 18.2 Å². The maximum absolute atomic E-state index is 13.8. The van der Waals surface area contributed by atoms with Gasteiger partial charge in [-0.3, -0.25) is 4.90 Å². The van der Waals surface area contributed by atoms with Gasteiger partial charge < -0.3 is 0 Å². The number of rotatable bonds is 4. The molecule has 0 aliphatic carbocycles. The molecule has 0 spiro atoms. The van der Waals surface area contributed by atoms with Gasteiger partial charge in [0.15, 0.2) is 0 Å². The van der Waals surface area contributed by atoms with Gasteiger partial charge in [0.25, 0.3) is 0 Å². The number of nitrogens with zero attached hydrogens (tertiary/aromatic N) is 2. The number of piperidine rings is 1. The molecule has 1 aromatic rings. The molecule has 3 heteroatoms. The smallest absolute Gasteiger partial charge is 0.127 e. The van der Waals surface area contributed by atoms with Crippen molar-refractivity contribution in [2.75, 3.05) is 6.54 Å². The third-order valence-corrected chi connectivity index (χ3v) is 3.92. The normalized spacial score (nSPS) is 20.2. The fraction of sp³-hybridized carbons (Fsp3) is 0.562. The van der Waals surface area contributed by atoms with Gasteiger partial charge in [-0.25, -0.2) is 4.39 Å². The van der Waals surface area contributed by atoms with Gasteiger partial charge in [0.2, 0.25) is 0 Å². The summed E-state index contributed by atoms with van der Waals surface area (Å²) >= 11 is 0. The molecule has 1 aliphatic heterocycles. The highest BCUT2D eigenvalue weighted by atomic mass is 19.1. The first-order valence-electron chi connectivity index (χ1n) is 7.17. The number of nitriles is 1. The van der Waals surface area contributed by atoms with Crippen molar-refractivity contribution in [3.8, 4) is 6.07 Å². The summed E-state index contributed by atoms with van der Waals surface area (Å²) in [7, 11) is 0. The standard InChI is InChI=1S/C16H21FN2/c1-2-5-15-6-3-4-9-19(15)12-14-10-13(11-18)7-8-16(14)17/h7-8,10,15H,2-6,9,12H2,1H3. The SMILES string of the molecule is CCCC1CCCCN1Cc1cc(C#N)ccc1F. The molecule has 0 bridgehead atoms. The van der Waals surface area contributed by atoms with E-state index in [9.17, 15) is 4.39 Å². The van der Waals surface area contributed by atoms with Crippen molar-refractivity contribution in [2.24, 2.45) is 0 Å². The molecule has 0 N–H and O–H groups in total. The predicted molar refractivity (Wildman–Crippen MR) is 74.1 cm³/mol. The van der Waals surface area contributed by atoms with Crippen molar-refractivity contribution in [2.45, 2.75) is 51.6 Å². The highest BCUT2D eigenvalue weighted by Gasteiger charge is 2.22. The van der Waals surface area contributed by atoms with E-state index < -0.39 is 0 Å². The van der Waals surface area contributed by atoms with Gasteiger partial charge in [0.1, 0.15) is 5.82 Å². The van der Waals surface area contributed by atoms with Gasteiger partial charge in [-0.2, -0.15) is 5.26 Å². The average Bonchev–Trinajstić information content (AvgIpc) is 2.43. The van der Waals surface area contributed by atoms with Crippen molar-refractivity contribution in [1.82, 2.24) is 4.90 Å². The lowest BCUT2D eigenvalue weighted by molar-refractivity contribution is 0.130. The molecule has 1 aliphatic rings. The summed E-state index contributed by atoms with van der Waals surface area (Å²) in [5, 5.41) is 8.91. The lowest BCUT2D eigenvalue weighted by Gasteiger charge is -2.35. The number of hydrogen-bond donors (Lipinski definition) is 0. The summed E-state index contributed by atoms with van der Waals surface area (Å²) in [5.41, 5.74) is 1.20. The summed E-state index contributed by atoms with van der Waals surface area (Å²) < 4.78 is 13.8. The summed E-state index contributed by atoms with van der Waals surface area (Å²) in [6, 6.07) is 7.29. The van der Waals surface area contributed by atoms with Crippen LogP contribution in [-0.2, 0) is 6.54 Å². The molecule has 0 radical (unpaired) electrons. The fourth-order valence-corrected chi connectivity index (χ4v) is 2.91. The topological polar surface area (TPSA) is 27.0 Å². The van der Waals surface area contributed by atoms with E-state index in [1.807, 2.05) is 0 Å². The lowest BCUT2D eigenvalue weighted by Crippen LogP contribution is -2.39. The quantitative estimate of drug-likeness (QED) is 0.822. The Bertz CT molecular complexity index is 462. The van der Waals surface area contributed by atoms with E-state index >= 15 is 0 Å². The van der Waals surface area contributed by atoms with Crippen LogP contribution < -0.4 is 0 Å². The van der Waals surface area contributed by atoms with Crippen molar-refractivity contribution < 1.29 is 4.39 Å². The number of benzene rings is 1. The molecule has 0 amide bonds. The molecule has 1 unspecified atom stereocenters. The van der Waals surface area contributed by atoms with E-state index in [-0.39, 0.29) is 5.82 Å². The van der Waals surface area contributed by atoms with Crippen LogP contribution in [0.4, 0.5) is 4.39 Å². The monoisotopic (exact) mass is 260 g/mol. The zero-order valence-corrected chi connectivity index (χ0v) is 11.5. The second-order valence-electron chi connectivity index (χ2n) is 5.33. The second-order valence-corrected chi connectivity index (χ2v) is 5.33. The van der Waals surface area contributed by atoms with E-state index in [1.54, 1.807) is 12.1 Å². The molecule has 102 valence electrons. The molecule has 1 aromatic carbocycles. The minimum atomic E-state index is -0.195. The third-order valence-electron chi connectivity index (χ3n) is 3.92. The first-order valence-corrected chi connectivity index (χ1v) is 7.17. The predicted octanol–water partition coefficient (Wildman–Crippen LogP) is 3.85. The number of halogens is 1. The molecule has 1 heterocycles. The van der Waals surface area contributed by atoms with E-state index in [1.165, 1.54) is 38.2 Å². The van der Waals surface area contributed by atoms with Crippen LogP contribution in [0.15, 0.2) is 18.2 Å². The molecular formula is C16H21FN2. The van der Waals surface area contributed by atoms with Crippen molar-refractivity contribution in [3.63, 3.8) is 0 Å². The first kappa shape index (κ1) is 14.0. The molecule has 0 aromatic heterocycles. The molecule has 1 saturated heterocycles. The third kappa shape index (κ3) is 3.54. The Balaban J connectivity index is 2.12.